The van der Waals surface area contributed by atoms with Gasteiger partial charge in [-0.05, 0) is 17.7 Å². The fourth-order valence-electron chi connectivity index (χ4n) is 2.48. The lowest BCUT2D eigenvalue weighted by atomic mass is 10.1. The number of hydrogen-bond donors (Lipinski definition) is 3. The zero-order valence-electron chi connectivity index (χ0n) is 13.7. The van der Waals surface area contributed by atoms with Gasteiger partial charge < -0.3 is 15.0 Å². The average Bonchev–Trinajstić information content (AvgIpc) is 3.04. The van der Waals surface area contributed by atoms with Gasteiger partial charge in [0.15, 0.2) is 0 Å². The molecule has 0 fully saturated rings. The highest BCUT2D eigenvalue weighted by molar-refractivity contribution is 5.96. The van der Waals surface area contributed by atoms with Gasteiger partial charge in [-0.15, -0.1) is 0 Å². The van der Waals surface area contributed by atoms with Crippen molar-refractivity contribution in [2.45, 2.75) is 12.5 Å². The van der Waals surface area contributed by atoms with E-state index in [4.69, 9.17) is 0 Å². The summed E-state index contributed by atoms with van der Waals surface area (Å²) in [6.45, 7) is 0. The van der Waals surface area contributed by atoms with Crippen LogP contribution in [0.1, 0.15) is 5.56 Å². The van der Waals surface area contributed by atoms with Crippen LogP contribution in [0.25, 0.3) is 11.0 Å². The SMILES string of the molecule is COC(=O)N[C@H](Cc1ccccc1)C(=O)Nc1nc2ccccc2[nH]1. The molecule has 3 N–H and O–H groups in total. The number of anilines is 1. The van der Waals surface area contributed by atoms with Crippen LogP contribution in [0.15, 0.2) is 54.6 Å². The number of ether oxygens (including phenoxy) is 1. The molecule has 2 aromatic carbocycles. The van der Waals surface area contributed by atoms with Gasteiger partial charge in [-0.2, -0.15) is 0 Å². The molecule has 0 aliphatic rings. The fourth-order valence-corrected chi connectivity index (χ4v) is 2.48. The Hall–Kier alpha value is -3.35. The van der Waals surface area contributed by atoms with Gasteiger partial charge in [-0.1, -0.05) is 42.5 Å². The van der Waals surface area contributed by atoms with E-state index in [9.17, 15) is 9.59 Å². The van der Waals surface area contributed by atoms with Crippen LogP contribution in [0, 0.1) is 0 Å². The molecule has 3 rings (SSSR count). The Morgan fingerprint density at radius 2 is 1.84 bits per heavy atom. The smallest absolute Gasteiger partial charge is 0.407 e. The van der Waals surface area contributed by atoms with E-state index in [-0.39, 0.29) is 5.91 Å². The monoisotopic (exact) mass is 338 g/mol. The molecule has 1 aromatic heterocycles. The maximum absolute atomic E-state index is 12.6. The van der Waals surface area contributed by atoms with Crippen LogP contribution in [0.3, 0.4) is 0 Å². The van der Waals surface area contributed by atoms with E-state index in [2.05, 4.69) is 25.3 Å². The Morgan fingerprint density at radius 3 is 2.56 bits per heavy atom. The van der Waals surface area contributed by atoms with Crippen molar-refractivity contribution in [2.24, 2.45) is 0 Å². The number of methoxy groups -OCH3 is 1. The van der Waals surface area contributed by atoms with Gasteiger partial charge in [0.25, 0.3) is 0 Å². The van der Waals surface area contributed by atoms with Crippen LogP contribution in [-0.4, -0.2) is 35.1 Å². The number of rotatable bonds is 5. The molecule has 25 heavy (non-hydrogen) atoms. The molecule has 0 aliphatic carbocycles. The fraction of sp³-hybridized carbons (Fsp3) is 0.167. The topological polar surface area (TPSA) is 96.1 Å². The van der Waals surface area contributed by atoms with Crippen molar-refractivity contribution < 1.29 is 14.3 Å². The molecule has 3 aromatic rings. The highest BCUT2D eigenvalue weighted by Gasteiger charge is 2.22. The summed E-state index contributed by atoms with van der Waals surface area (Å²) in [6.07, 6.45) is -0.331. The third-order valence-electron chi connectivity index (χ3n) is 3.71. The molecule has 0 spiro atoms. The Bertz CT molecular complexity index is 843. The number of amides is 2. The van der Waals surface area contributed by atoms with Gasteiger partial charge in [0.1, 0.15) is 6.04 Å². The molecule has 7 heteroatoms. The van der Waals surface area contributed by atoms with Crippen molar-refractivity contribution >= 4 is 29.0 Å². The molecule has 0 bridgehead atoms. The molecule has 0 saturated heterocycles. The van der Waals surface area contributed by atoms with E-state index in [1.165, 1.54) is 7.11 Å². The van der Waals surface area contributed by atoms with Crippen LogP contribution in [-0.2, 0) is 16.0 Å². The van der Waals surface area contributed by atoms with Crippen molar-refractivity contribution in [3.8, 4) is 0 Å². The summed E-state index contributed by atoms with van der Waals surface area (Å²) in [7, 11) is 1.26. The number of aromatic nitrogens is 2. The van der Waals surface area contributed by atoms with Crippen LogP contribution in [0.2, 0.25) is 0 Å². The lowest BCUT2D eigenvalue weighted by Crippen LogP contribution is -2.45. The lowest BCUT2D eigenvalue weighted by Gasteiger charge is -2.17. The van der Waals surface area contributed by atoms with Gasteiger partial charge in [-0.3, -0.25) is 10.1 Å². The number of fused-ring (bicyclic) bond motifs is 1. The van der Waals surface area contributed by atoms with E-state index in [0.29, 0.717) is 12.4 Å². The van der Waals surface area contributed by atoms with E-state index >= 15 is 0 Å². The van der Waals surface area contributed by atoms with Gasteiger partial charge in [0.05, 0.1) is 18.1 Å². The second kappa shape index (κ2) is 7.48. The van der Waals surface area contributed by atoms with Crippen molar-refractivity contribution in [3.63, 3.8) is 0 Å². The first-order valence-electron chi connectivity index (χ1n) is 7.80. The maximum atomic E-state index is 12.6. The van der Waals surface area contributed by atoms with Crippen molar-refractivity contribution in [1.82, 2.24) is 15.3 Å². The quantitative estimate of drug-likeness (QED) is 0.666. The summed E-state index contributed by atoms with van der Waals surface area (Å²) in [5.74, 6) is -0.0516. The summed E-state index contributed by atoms with van der Waals surface area (Å²) >= 11 is 0. The molecule has 2 amide bonds. The van der Waals surface area contributed by atoms with Crippen LogP contribution in [0.4, 0.5) is 10.7 Å². The van der Waals surface area contributed by atoms with E-state index in [1.54, 1.807) is 0 Å². The number of para-hydroxylation sites is 2. The Labute approximate surface area is 144 Å². The summed E-state index contributed by atoms with van der Waals surface area (Å²) in [5, 5.41) is 5.26. The first-order chi connectivity index (χ1) is 12.2. The Kier molecular flexibility index (Phi) is 4.94. The summed E-state index contributed by atoms with van der Waals surface area (Å²) in [6, 6.07) is 16.1. The van der Waals surface area contributed by atoms with Crippen LogP contribution >= 0.6 is 0 Å². The lowest BCUT2D eigenvalue weighted by molar-refractivity contribution is -0.118. The van der Waals surface area contributed by atoms with Crippen molar-refractivity contribution in [1.29, 1.82) is 0 Å². The molecule has 0 unspecified atom stereocenters. The molecule has 0 saturated carbocycles. The number of carbonyl (C=O) groups excluding carboxylic acids is 2. The third-order valence-corrected chi connectivity index (χ3v) is 3.71. The van der Waals surface area contributed by atoms with Gasteiger partial charge in [0.2, 0.25) is 11.9 Å². The first-order valence-corrected chi connectivity index (χ1v) is 7.80. The summed E-state index contributed by atoms with van der Waals surface area (Å²) in [5.41, 5.74) is 2.49. The second-order valence-electron chi connectivity index (χ2n) is 5.47. The van der Waals surface area contributed by atoms with E-state index in [1.807, 2.05) is 54.6 Å². The standard InChI is InChI=1S/C18H18N4O3/c1-25-18(24)21-15(11-12-7-3-2-4-8-12)16(23)22-17-19-13-9-5-6-10-14(13)20-17/h2-10,15H,11H2,1H3,(H,21,24)(H2,19,20,22,23)/t15-/m1/s1. The minimum atomic E-state index is -0.789. The highest BCUT2D eigenvalue weighted by atomic mass is 16.5. The predicted molar refractivity (Wildman–Crippen MR) is 94.2 cm³/mol. The van der Waals surface area contributed by atoms with Gasteiger partial charge in [0, 0.05) is 6.42 Å². The number of carbonyl (C=O) groups is 2. The number of hydrogen-bond acceptors (Lipinski definition) is 4. The number of H-pyrrole nitrogens is 1. The Morgan fingerprint density at radius 1 is 1.12 bits per heavy atom. The average molecular weight is 338 g/mol. The summed E-state index contributed by atoms with van der Waals surface area (Å²) < 4.78 is 4.61. The molecule has 7 nitrogen and oxygen atoms in total. The van der Waals surface area contributed by atoms with Crippen molar-refractivity contribution in [2.75, 3.05) is 12.4 Å². The minimum absolute atomic E-state index is 0.330. The number of aromatic amines is 1. The molecule has 128 valence electrons. The number of imidazole rings is 1. The number of nitrogens with one attached hydrogen (secondary N) is 3. The van der Waals surface area contributed by atoms with Gasteiger partial charge >= 0.3 is 6.09 Å². The van der Waals surface area contributed by atoms with Crippen LogP contribution < -0.4 is 10.6 Å². The van der Waals surface area contributed by atoms with Crippen molar-refractivity contribution in [3.05, 3.63) is 60.2 Å². The third kappa shape index (κ3) is 4.14. The zero-order valence-corrected chi connectivity index (χ0v) is 13.7. The zero-order chi connectivity index (χ0) is 17.6. The molecular weight excluding hydrogens is 320 g/mol. The highest BCUT2D eigenvalue weighted by Crippen LogP contribution is 2.14. The largest absolute Gasteiger partial charge is 0.453 e. The normalized spacial score (nSPS) is 11.7. The van der Waals surface area contributed by atoms with E-state index < -0.39 is 12.1 Å². The first kappa shape index (κ1) is 16.5. The predicted octanol–water partition coefficient (Wildman–Crippen LogP) is 2.47. The van der Waals surface area contributed by atoms with Gasteiger partial charge in [-0.25, -0.2) is 9.78 Å². The Balaban J connectivity index is 1.76. The summed E-state index contributed by atoms with van der Waals surface area (Å²) in [4.78, 5) is 31.5. The van der Waals surface area contributed by atoms with Crippen LogP contribution in [0.5, 0.6) is 0 Å². The molecule has 1 heterocycles. The molecule has 1 atom stereocenters. The molecule has 0 radical (unpaired) electrons. The minimum Gasteiger partial charge on any atom is -0.453 e. The molecule has 0 aliphatic heterocycles. The number of benzene rings is 2. The maximum Gasteiger partial charge on any atom is 0.407 e. The van der Waals surface area contributed by atoms with E-state index in [0.717, 1.165) is 16.6 Å². The molecular formula is C18H18N4O3. The number of nitrogens with zero attached hydrogens (tertiary/aromatic N) is 1. The number of alkyl carbamates (subject to hydrolysis) is 1. The second-order valence-corrected chi connectivity index (χ2v) is 5.47.